The first kappa shape index (κ1) is 16.4. The fraction of sp³-hybridized carbons (Fsp3) is 0.524. The van der Waals surface area contributed by atoms with Crippen LogP contribution in [0.3, 0.4) is 0 Å². The van der Waals surface area contributed by atoms with Crippen LogP contribution in [0.25, 0.3) is 0 Å². The first-order valence-corrected chi connectivity index (χ1v) is 9.53. The SMILES string of the molecule is Cn1cc([C@@H]2C[C@H]2C(=O)N[C@@H](Cc2ccccc2)C2CCCC2)cn1. The molecule has 2 aliphatic carbocycles. The van der Waals surface area contributed by atoms with Gasteiger partial charge in [0.2, 0.25) is 5.91 Å². The molecule has 0 saturated heterocycles. The second-order valence-corrected chi connectivity index (χ2v) is 7.75. The first-order valence-electron chi connectivity index (χ1n) is 9.53. The fourth-order valence-electron chi connectivity index (χ4n) is 4.34. The molecule has 4 rings (SSSR count). The van der Waals surface area contributed by atoms with Crippen molar-refractivity contribution < 1.29 is 4.79 Å². The Morgan fingerprint density at radius 1 is 1.28 bits per heavy atom. The molecule has 2 saturated carbocycles. The number of amides is 1. The summed E-state index contributed by atoms with van der Waals surface area (Å²) in [5.74, 6) is 1.35. The van der Waals surface area contributed by atoms with Gasteiger partial charge in [0.25, 0.3) is 0 Å². The van der Waals surface area contributed by atoms with Gasteiger partial charge in [0.1, 0.15) is 0 Å². The Labute approximate surface area is 149 Å². The van der Waals surface area contributed by atoms with Gasteiger partial charge in [0, 0.05) is 25.2 Å². The molecule has 1 heterocycles. The Morgan fingerprint density at radius 2 is 2.04 bits per heavy atom. The molecule has 0 unspecified atom stereocenters. The molecule has 0 radical (unpaired) electrons. The number of hydrogen-bond acceptors (Lipinski definition) is 2. The van der Waals surface area contributed by atoms with Gasteiger partial charge in [-0.1, -0.05) is 43.2 Å². The van der Waals surface area contributed by atoms with Gasteiger partial charge in [0.05, 0.1) is 6.20 Å². The summed E-state index contributed by atoms with van der Waals surface area (Å²) in [7, 11) is 1.93. The highest BCUT2D eigenvalue weighted by Gasteiger charge is 2.45. The number of nitrogens with one attached hydrogen (secondary N) is 1. The molecule has 1 amide bonds. The predicted octanol–water partition coefficient (Wildman–Crippen LogP) is 3.44. The summed E-state index contributed by atoms with van der Waals surface area (Å²) in [6, 6.07) is 10.8. The Kier molecular flexibility index (Phi) is 4.60. The molecule has 0 bridgehead atoms. The maximum absolute atomic E-state index is 12.8. The summed E-state index contributed by atoms with van der Waals surface area (Å²) < 4.78 is 1.82. The zero-order valence-corrected chi connectivity index (χ0v) is 14.9. The minimum Gasteiger partial charge on any atom is -0.353 e. The molecular formula is C21H27N3O. The lowest BCUT2D eigenvalue weighted by Gasteiger charge is -2.25. The lowest BCUT2D eigenvalue weighted by molar-refractivity contribution is -0.123. The Morgan fingerprint density at radius 3 is 2.72 bits per heavy atom. The van der Waals surface area contributed by atoms with Crippen molar-refractivity contribution in [3.05, 3.63) is 53.9 Å². The number of nitrogens with zero attached hydrogens (tertiary/aromatic N) is 2. The molecule has 4 heteroatoms. The van der Waals surface area contributed by atoms with Gasteiger partial charge < -0.3 is 5.32 Å². The van der Waals surface area contributed by atoms with E-state index in [2.05, 4.69) is 40.7 Å². The summed E-state index contributed by atoms with van der Waals surface area (Å²) >= 11 is 0. The summed E-state index contributed by atoms with van der Waals surface area (Å²) in [6.45, 7) is 0. The van der Waals surface area contributed by atoms with Crippen LogP contribution in [0.15, 0.2) is 42.7 Å². The van der Waals surface area contributed by atoms with Crippen LogP contribution >= 0.6 is 0 Å². The number of benzene rings is 1. The zero-order chi connectivity index (χ0) is 17.2. The quantitative estimate of drug-likeness (QED) is 0.878. The monoisotopic (exact) mass is 337 g/mol. The van der Waals surface area contributed by atoms with Gasteiger partial charge in [0.15, 0.2) is 0 Å². The smallest absolute Gasteiger partial charge is 0.223 e. The third kappa shape index (κ3) is 3.78. The molecule has 132 valence electrons. The standard InChI is InChI=1S/C21H27N3O/c1-24-14-17(13-22-24)18-12-19(18)21(25)23-20(16-9-5-6-10-16)11-15-7-3-2-4-8-15/h2-4,7-8,13-14,16,18-20H,5-6,9-12H2,1H3,(H,23,25)/t18-,19+,20-/m0/s1. The van der Waals surface area contributed by atoms with E-state index in [1.165, 1.54) is 36.8 Å². The minimum atomic E-state index is 0.129. The Bertz CT molecular complexity index is 718. The number of carbonyl (C=O) groups excluding carboxylic acids is 1. The zero-order valence-electron chi connectivity index (χ0n) is 14.9. The normalized spacial score (nSPS) is 24.2. The molecule has 4 nitrogen and oxygen atoms in total. The van der Waals surface area contributed by atoms with Gasteiger partial charge in [-0.25, -0.2) is 0 Å². The topological polar surface area (TPSA) is 46.9 Å². The third-order valence-corrected chi connectivity index (χ3v) is 5.88. The van der Waals surface area contributed by atoms with Crippen molar-refractivity contribution in [3.8, 4) is 0 Å². The van der Waals surface area contributed by atoms with Crippen LogP contribution in [0.1, 0.15) is 49.1 Å². The molecular weight excluding hydrogens is 310 g/mol. The maximum Gasteiger partial charge on any atom is 0.223 e. The summed E-state index contributed by atoms with van der Waals surface area (Å²) in [4.78, 5) is 12.8. The fourth-order valence-corrected chi connectivity index (χ4v) is 4.34. The highest BCUT2D eigenvalue weighted by molar-refractivity contribution is 5.83. The number of hydrogen-bond donors (Lipinski definition) is 1. The van der Waals surface area contributed by atoms with E-state index in [4.69, 9.17) is 0 Å². The number of carbonyl (C=O) groups is 1. The van der Waals surface area contributed by atoms with Gasteiger partial charge in [-0.3, -0.25) is 9.48 Å². The van der Waals surface area contributed by atoms with Crippen molar-refractivity contribution in [2.45, 2.75) is 50.5 Å². The van der Waals surface area contributed by atoms with Gasteiger partial charge in [-0.2, -0.15) is 5.10 Å². The van der Waals surface area contributed by atoms with Crippen LogP contribution in [0.2, 0.25) is 0 Å². The van der Waals surface area contributed by atoms with Crippen molar-refractivity contribution in [2.24, 2.45) is 18.9 Å². The first-order chi connectivity index (χ1) is 12.2. The van der Waals surface area contributed by atoms with E-state index in [0.29, 0.717) is 11.8 Å². The van der Waals surface area contributed by atoms with Crippen LogP contribution in [0.4, 0.5) is 0 Å². The third-order valence-electron chi connectivity index (χ3n) is 5.88. The van der Waals surface area contributed by atoms with Crippen molar-refractivity contribution >= 4 is 5.91 Å². The lowest BCUT2D eigenvalue weighted by atomic mass is 9.92. The number of rotatable bonds is 6. The molecule has 1 aromatic heterocycles. The summed E-state index contributed by atoms with van der Waals surface area (Å²) in [5, 5.41) is 7.65. The van der Waals surface area contributed by atoms with E-state index in [-0.39, 0.29) is 17.9 Å². The molecule has 2 fully saturated rings. The molecule has 2 aliphatic rings. The highest BCUT2D eigenvalue weighted by Crippen LogP contribution is 2.47. The van der Waals surface area contributed by atoms with E-state index in [0.717, 1.165) is 12.8 Å². The average molecular weight is 337 g/mol. The van der Waals surface area contributed by atoms with Gasteiger partial charge in [-0.15, -0.1) is 0 Å². The Balaban J connectivity index is 1.40. The van der Waals surface area contributed by atoms with Gasteiger partial charge in [-0.05, 0) is 48.6 Å². The van der Waals surface area contributed by atoms with E-state index in [9.17, 15) is 4.79 Å². The largest absolute Gasteiger partial charge is 0.353 e. The highest BCUT2D eigenvalue weighted by atomic mass is 16.2. The lowest BCUT2D eigenvalue weighted by Crippen LogP contribution is -2.42. The van der Waals surface area contributed by atoms with Crippen molar-refractivity contribution in [2.75, 3.05) is 0 Å². The van der Waals surface area contributed by atoms with Crippen molar-refractivity contribution in [3.63, 3.8) is 0 Å². The van der Waals surface area contributed by atoms with Crippen LogP contribution in [-0.4, -0.2) is 21.7 Å². The van der Waals surface area contributed by atoms with Crippen LogP contribution in [0.5, 0.6) is 0 Å². The van der Waals surface area contributed by atoms with Crippen LogP contribution < -0.4 is 5.32 Å². The van der Waals surface area contributed by atoms with E-state index < -0.39 is 0 Å². The molecule has 0 spiro atoms. The molecule has 0 aliphatic heterocycles. The Hall–Kier alpha value is -2.10. The van der Waals surface area contributed by atoms with E-state index >= 15 is 0 Å². The average Bonchev–Trinajstić information content (AvgIpc) is 3.02. The number of aromatic nitrogens is 2. The second kappa shape index (κ2) is 7.03. The van der Waals surface area contributed by atoms with E-state index in [1.54, 1.807) is 0 Å². The maximum atomic E-state index is 12.8. The molecule has 1 aromatic carbocycles. The summed E-state index contributed by atoms with van der Waals surface area (Å²) in [5.41, 5.74) is 2.52. The van der Waals surface area contributed by atoms with Crippen molar-refractivity contribution in [1.82, 2.24) is 15.1 Å². The second-order valence-electron chi connectivity index (χ2n) is 7.75. The van der Waals surface area contributed by atoms with Crippen LogP contribution in [0, 0.1) is 11.8 Å². The molecule has 25 heavy (non-hydrogen) atoms. The van der Waals surface area contributed by atoms with Crippen molar-refractivity contribution in [1.29, 1.82) is 0 Å². The molecule has 3 atom stereocenters. The minimum absolute atomic E-state index is 0.129. The van der Waals surface area contributed by atoms with E-state index in [1.807, 2.05) is 24.1 Å². The number of aryl methyl sites for hydroxylation is 1. The molecule has 1 N–H and O–H groups in total. The predicted molar refractivity (Wildman–Crippen MR) is 98.1 cm³/mol. The van der Waals surface area contributed by atoms with Crippen LogP contribution in [-0.2, 0) is 18.3 Å². The molecule has 2 aromatic rings. The van der Waals surface area contributed by atoms with Gasteiger partial charge >= 0.3 is 0 Å². The summed E-state index contributed by atoms with van der Waals surface area (Å²) in [6.07, 6.45) is 10.9.